The Labute approximate surface area is 155 Å². The Hall–Kier alpha value is -2.02. The largest absolute Gasteiger partial charge is 0.490 e. The van der Waals surface area contributed by atoms with Crippen LogP contribution in [0.1, 0.15) is 38.7 Å². The van der Waals surface area contributed by atoms with Gasteiger partial charge in [0, 0.05) is 31.6 Å². The number of hydrogen-bond acceptors (Lipinski definition) is 5. The first-order valence-corrected chi connectivity index (χ1v) is 9.27. The molecule has 3 heterocycles. The molecule has 0 aromatic heterocycles. The van der Waals surface area contributed by atoms with E-state index in [0.717, 1.165) is 29.6 Å². The number of aliphatic imine (C=N–C) groups is 1. The van der Waals surface area contributed by atoms with Crippen LogP contribution in [0.25, 0.3) is 0 Å². The molecule has 1 amide bonds. The lowest BCUT2D eigenvalue weighted by atomic mass is 9.74. The summed E-state index contributed by atoms with van der Waals surface area (Å²) in [5.41, 5.74) is 6.80. The number of guanidine groups is 1. The number of nitrogens with two attached hydrogens (primary N) is 1. The summed E-state index contributed by atoms with van der Waals surface area (Å²) < 4.78 is 12.3. The average molecular weight is 355 g/mol. The molecule has 4 rings (SSSR count). The number of ether oxygens (including phenoxy) is 2. The molecule has 3 aliphatic rings. The number of hydrogen-bond donors (Lipinski definition) is 1. The molecule has 7 heteroatoms. The van der Waals surface area contributed by atoms with E-state index >= 15 is 0 Å². The van der Waals surface area contributed by atoms with Crippen molar-refractivity contribution in [2.24, 2.45) is 16.6 Å². The fraction of sp³-hybridized carbons (Fsp3) is 0.579. The van der Waals surface area contributed by atoms with E-state index < -0.39 is 5.54 Å². The number of benzene rings is 1. The van der Waals surface area contributed by atoms with Crippen LogP contribution in [0.2, 0.25) is 0 Å². The monoisotopic (exact) mass is 355 g/mol. The maximum Gasteiger partial charge on any atom is 0.261 e. The van der Waals surface area contributed by atoms with Gasteiger partial charge in [-0.3, -0.25) is 9.69 Å². The highest BCUT2D eigenvalue weighted by Gasteiger charge is 2.55. The molecule has 1 fully saturated rings. The van der Waals surface area contributed by atoms with Crippen molar-refractivity contribution in [3.05, 3.63) is 23.8 Å². The molecule has 3 unspecified atom stereocenters. The second-order valence-electron chi connectivity index (χ2n) is 8.42. The Bertz CT molecular complexity index is 794. The van der Waals surface area contributed by atoms with E-state index in [0.29, 0.717) is 18.9 Å². The zero-order valence-corrected chi connectivity index (χ0v) is 15.9. The predicted octanol–water partition coefficient (Wildman–Crippen LogP) is 0.283. The normalized spacial score (nSPS) is 33.0. The third-order valence-corrected chi connectivity index (χ3v) is 5.92. The standard InChI is InChI=1S/C19H26BN3O3/c1-18(2)9-11(6-7-25-18)15-10-19(16(24)23(3)17(21)22-19)13-8-12(20)4-5-14(13)26-15/h4-5,8,11,15H,6-7,9-10,20H2,1-3H3,(H2,21,22). The first-order valence-electron chi connectivity index (χ1n) is 9.27. The third-order valence-electron chi connectivity index (χ3n) is 5.92. The molecule has 26 heavy (non-hydrogen) atoms. The minimum Gasteiger partial charge on any atom is -0.490 e. The number of carbonyl (C=O) groups is 1. The van der Waals surface area contributed by atoms with Crippen molar-refractivity contribution in [2.75, 3.05) is 13.7 Å². The summed E-state index contributed by atoms with van der Waals surface area (Å²) in [6.07, 6.45) is 2.27. The highest BCUT2D eigenvalue weighted by molar-refractivity contribution is 6.32. The summed E-state index contributed by atoms with van der Waals surface area (Å²) in [5, 5.41) is 0. The van der Waals surface area contributed by atoms with Gasteiger partial charge in [-0.2, -0.15) is 0 Å². The molecule has 3 atom stereocenters. The van der Waals surface area contributed by atoms with Crippen molar-refractivity contribution in [3.63, 3.8) is 0 Å². The van der Waals surface area contributed by atoms with Gasteiger partial charge >= 0.3 is 0 Å². The minimum atomic E-state index is -0.967. The fourth-order valence-corrected chi connectivity index (χ4v) is 4.54. The Morgan fingerprint density at radius 3 is 2.77 bits per heavy atom. The van der Waals surface area contributed by atoms with Crippen molar-refractivity contribution in [3.8, 4) is 5.75 Å². The summed E-state index contributed by atoms with van der Waals surface area (Å²) in [6, 6.07) is 5.98. The second-order valence-corrected chi connectivity index (χ2v) is 8.42. The number of nitrogens with zero attached hydrogens (tertiary/aromatic N) is 2. The number of likely N-dealkylation sites (N-methyl/N-ethyl adjacent to an activating group) is 1. The lowest BCUT2D eigenvalue weighted by Crippen LogP contribution is -2.49. The van der Waals surface area contributed by atoms with E-state index in [4.69, 9.17) is 15.2 Å². The predicted molar refractivity (Wildman–Crippen MR) is 102 cm³/mol. The molecule has 138 valence electrons. The first kappa shape index (κ1) is 17.4. The lowest BCUT2D eigenvalue weighted by molar-refractivity contribution is -0.134. The molecule has 1 saturated heterocycles. The van der Waals surface area contributed by atoms with Crippen LogP contribution >= 0.6 is 0 Å². The van der Waals surface area contributed by atoms with Crippen LogP contribution in [0.3, 0.4) is 0 Å². The van der Waals surface area contributed by atoms with Gasteiger partial charge in [-0.1, -0.05) is 17.6 Å². The van der Waals surface area contributed by atoms with Crippen molar-refractivity contribution in [1.29, 1.82) is 0 Å². The van der Waals surface area contributed by atoms with E-state index in [1.165, 1.54) is 4.90 Å². The van der Waals surface area contributed by atoms with Gasteiger partial charge < -0.3 is 15.2 Å². The number of carbonyl (C=O) groups excluding carboxylic acids is 1. The van der Waals surface area contributed by atoms with Crippen molar-refractivity contribution in [2.45, 2.75) is 50.4 Å². The highest BCUT2D eigenvalue weighted by atomic mass is 16.5. The highest BCUT2D eigenvalue weighted by Crippen LogP contribution is 2.48. The maximum atomic E-state index is 13.2. The Morgan fingerprint density at radius 1 is 1.35 bits per heavy atom. The quantitative estimate of drug-likeness (QED) is 0.735. The van der Waals surface area contributed by atoms with E-state index in [2.05, 4.69) is 18.8 Å². The zero-order chi connectivity index (χ0) is 18.7. The minimum absolute atomic E-state index is 0.0681. The second kappa shape index (κ2) is 5.74. The van der Waals surface area contributed by atoms with E-state index in [1.54, 1.807) is 7.05 Å². The van der Waals surface area contributed by atoms with Crippen LogP contribution in [0.5, 0.6) is 5.75 Å². The van der Waals surface area contributed by atoms with E-state index in [-0.39, 0.29) is 23.6 Å². The Morgan fingerprint density at radius 2 is 2.12 bits per heavy atom. The van der Waals surface area contributed by atoms with E-state index in [1.807, 2.05) is 26.0 Å². The van der Waals surface area contributed by atoms with Crippen LogP contribution in [-0.4, -0.2) is 50.0 Å². The molecule has 0 radical (unpaired) electrons. The van der Waals surface area contributed by atoms with Crippen molar-refractivity contribution in [1.82, 2.24) is 4.90 Å². The van der Waals surface area contributed by atoms with Gasteiger partial charge in [0.05, 0.1) is 5.60 Å². The fourth-order valence-electron chi connectivity index (χ4n) is 4.54. The first-order chi connectivity index (χ1) is 12.2. The topological polar surface area (TPSA) is 77.2 Å². The summed E-state index contributed by atoms with van der Waals surface area (Å²) in [7, 11) is 3.70. The third kappa shape index (κ3) is 2.60. The molecule has 2 N–H and O–H groups in total. The van der Waals surface area contributed by atoms with Crippen LogP contribution in [0.4, 0.5) is 0 Å². The van der Waals surface area contributed by atoms with Gasteiger partial charge in [-0.05, 0) is 32.8 Å². The van der Waals surface area contributed by atoms with Crippen LogP contribution in [-0.2, 0) is 15.1 Å². The van der Waals surface area contributed by atoms with Gasteiger partial charge in [0.2, 0.25) is 0 Å². The van der Waals surface area contributed by atoms with Gasteiger partial charge in [-0.15, -0.1) is 0 Å². The van der Waals surface area contributed by atoms with Gasteiger partial charge in [0.1, 0.15) is 19.7 Å². The van der Waals surface area contributed by atoms with Crippen molar-refractivity contribution >= 4 is 25.2 Å². The van der Waals surface area contributed by atoms with E-state index in [9.17, 15) is 4.79 Å². The Balaban J connectivity index is 1.77. The molecule has 6 nitrogen and oxygen atoms in total. The lowest BCUT2D eigenvalue weighted by Gasteiger charge is -2.44. The van der Waals surface area contributed by atoms with Gasteiger partial charge in [-0.25, -0.2) is 4.99 Å². The summed E-state index contributed by atoms with van der Waals surface area (Å²) in [4.78, 5) is 19.3. The molecule has 0 bridgehead atoms. The number of fused-ring (bicyclic) bond motifs is 2. The summed E-state index contributed by atoms with van der Waals surface area (Å²) in [6.45, 7) is 4.93. The molecule has 1 aromatic rings. The molecule has 3 aliphatic heterocycles. The number of amides is 1. The number of rotatable bonds is 1. The Kier molecular flexibility index (Phi) is 3.84. The molecular formula is C19H26BN3O3. The van der Waals surface area contributed by atoms with Crippen LogP contribution < -0.4 is 15.9 Å². The molecule has 1 aromatic carbocycles. The van der Waals surface area contributed by atoms with Crippen LogP contribution in [0.15, 0.2) is 23.2 Å². The smallest absolute Gasteiger partial charge is 0.261 e. The zero-order valence-electron chi connectivity index (χ0n) is 15.9. The molecule has 0 saturated carbocycles. The average Bonchev–Trinajstić information content (AvgIpc) is 2.79. The van der Waals surface area contributed by atoms with Gasteiger partial charge in [0.25, 0.3) is 5.91 Å². The molecule has 0 aliphatic carbocycles. The summed E-state index contributed by atoms with van der Waals surface area (Å²) in [5.74, 6) is 1.27. The molecule has 1 spiro atoms. The summed E-state index contributed by atoms with van der Waals surface area (Å²) >= 11 is 0. The molecular weight excluding hydrogens is 329 g/mol. The van der Waals surface area contributed by atoms with Crippen molar-refractivity contribution < 1.29 is 14.3 Å². The van der Waals surface area contributed by atoms with Crippen LogP contribution in [0, 0.1) is 5.92 Å². The maximum absolute atomic E-state index is 13.2. The SMILES string of the molecule is Bc1ccc2c(c1)C1(CC(C3CCOC(C)(C)C3)O2)N=C(N)N(C)C1=O. The van der Waals surface area contributed by atoms with Gasteiger partial charge in [0.15, 0.2) is 11.5 Å².